The average molecular weight is 354 g/mol. The van der Waals surface area contributed by atoms with Crippen LogP contribution in [0.25, 0.3) is 10.9 Å². The van der Waals surface area contributed by atoms with Gasteiger partial charge in [-0.2, -0.15) is 0 Å². The summed E-state index contributed by atoms with van der Waals surface area (Å²) in [5.41, 5.74) is 2.96. The predicted octanol–water partition coefficient (Wildman–Crippen LogP) is 3.02. The molecule has 0 aliphatic carbocycles. The Morgan fingerprint density at radius 1 is 1.19 bits per heavy atom. The zero-order valence-electron chi connectivity index (χ0n) is 14.3. The fourth-order valence-corrected chi connectivity index (χ4v) is 2.63. The van der Waals surface area contributed by atoms with Crippen LogP contribution in [0.3, 0.4) is 0 Å². The number of ether oxygens (including phenoxy) is 1. The van der Waals surface area contributed by atoms with Crippen molar-refractivity contribution in [1.29, 1.82) is 0 Å². The molecule has 5 nitrogen and oxygen atoms in total. The van der Waals surface area contributed by atoms with Crippen LogP contribution in [0.1, 0.15) is 16.7 Å². The Balaban J connectivity index is 1.46. The van der Waals surface area contributed by atoms with Crippen LogP contribution in [-0.2, 0) is 27.3 Å². The largest absolute Gasteiger partial charge is 0.455 e. The molecule has 1 aromatic heterocycles. The molecule has 2 N–H and O–H groups in total. The Morgan fingerprint density at radius 2 is 2.00 bits per heavy atom. The zero-order chi connectivity index (χ0) is 18.5. The number of nitrogens with one attached hydrogen (secondary N) is 2. The minimum Gasteiger partial charge on any atom is -0.455 e. The lowest BCUT2D eigenvalue weighted by molar-refractivity contribution is -0.147. The molecular weight excluding hydrogens is 335 g/mol. The molecule has 0 atom stereocenters. The summed E-state index contributed by atoms with van der Waals surface area (Å²) in [6.45, 7) is 1.48. The minimum absolute atomic E-state index is 0.0838. The van der Waals surface area contributed by atoms with E-state index in [1.165, 1.54) is 6.07 Å². The molecule has 0 spiro atoms. The lowest BCUT2D eigenvalue weighted by Crippen LogP contribution is -2.28. The molecule has 0 unspecified atom stereocenters. The van der Waals surface area contributed by atoms with E-state index < -0.39 is 11.9 Å². The van der Waals surface area contributed by atoms with E-state index in [2.05, 4.69) is 10.3 Å². The predicted molar refractivity (Wildman–Crippen MR) is 95.9 cm³/mol. The van der Waals surface area contributed by atoms with Crippen molar-refractivity contribution in [2.75, 3.05) is 6.61 Å². The van der Waals surface area contributed by atoms with Gasteiger partial charge in [0.15, 0.2) is 6.61 Å². The lowest BCUT2D eigenvalue weighted by Gasteiger charge is -2.07. The van der Waals surface area contributed by atoms with Gasteiger partial charge < -0.3 is 15.0 Å². The molecule has 0 bridgehead atoms. The van der Waals surface area contributed by atoms with E-state index in [0.717, 1.165) is 16.5 Å². The van der Waals surface area contributed by atoms with Gasteiger partial charge in [-0.15, -0.1) is 0 Å². The zero-order valence-corrected chi connectivity index (χ0v) is 14.3. The summed E-state index contributed by atoms with van der Waals surface area (Å²) in [5, 5.41) is 3.55. The molecule has 0 aliphatic rings. The number of aromatic nitrogens is 1. The number of carbonyl (C=O) groups is 2. The second-order valence-electron chi connectivity index (χ2n) is 6.06. The molecule has 134 valence electrons. The number of hydrogen-bond donors (Lipinski definition) is 2. The molecule has 6 heteroatoms. The number of benzene rings is 2. The Morgan fingerprint density at radius 3 is 2.81 bits per heavy atom. The number of esters is 1. The van der Waals surface area contributed by atoms with Gasteiger partial charge in [-0.1, -0.05) is 30.3 Å². The highest BCUT2D eigenvalue weighted by atomic mass is 19.1. The van der Waals surface area contributed by atoms with Gasteiger partial charge in [0.2, 0.25) is 0 Å². The fourth-order valence-electron chi connectivity index (χ4n) is 2.63. The molecule has 1 amide bonds. The monoisotopic (exact) mass is 354 g/mol. The molecule has 0 aliphatic heterocycles. The van der Waals surface area contributed by atoms with Gasteiger partial charge in [0.1, 0.15) is 5.82 Å². The first-order chi connectivity index (χ1) is 12.5. The first-order valence-electron chi connectivity index (χ1n) is 8.25. The molecule has 0 radical (unpaired) electrons. The number of H-pyrrole nitrogens is 1. The van der Waals surface area contributed by atoms with Crippen LogP contribution in [0.5, 0.6) is 0 Å². The number of carbonyl (C=O) groups excluding carboxylic acids is 2. The maximum absolute atomic E-state index is 13.5. The molecule has 0 saturated heterocycles. The third-order valence-corrected chi connectivity index (χ3v) is 4.10. The highest BCUT2D eigenvalue weighted by Crippen LogP contribution is 2.18. The van der Waals surface area contributed by atoms with Crippen molar-refractivity contribution in [3.05, 3.63) is 71.2 Å². The molecule has 26 heavy (non-hydrogen) atoms. The number of rotatable bonds is 6. The van der Waals surface area contributed by atoms with Crippen molar-refractivity contribution in [1.82, 2.24) is 10.3 Å². The number of aryl methyl sites for hydroxylation is 1. The van der Waals surface area contributed by atoms with Crippen molar-refractivity contribution < 1.29 is 18.7 Å². The summed E-state index contributed by atoms with van der Waals surface area (Å²) in [4.78, 5) is 26.8. The van der Waals surface area contributed by atoms with Gasteiger partial charge in [0, 0.05) is 23.6 Å². The first kappa shape index (κ1) is 17.7. The van der Waals surface area contributed by atoms with Gasteiger partial charge in [-0.05, 0) is 35.7 Å². The van der Waals surface area contributed by atoms with Crippen molar-refractivity contribution in [3.63, 3.8) is 0 Å². The lowest BCUT2D eigenvalue weighted by atomic mass is 10.1. The number of hydrogen-bond acceptors (Lipinski definition) is 3. The second-order valence-corrected chi connectivity index (χ2v) is 6.06. The van der Waals surface area contributed by atoms with Crippen molar-refractivity contribution in [2.45, 2.75) is 19.9 Å². The second kappa shape index (κ2) is 7.82. The number of amides is 1. The van der Waals surface area contributed by atoms with Crippen LogP contribution in [0, 0.1) is 12.7 Å². The first-order valence-corrected chi connectivity index (χ1v) is 8.25. The number of aromatic amines is 1. The van der Waals surface area contributed by atoms with Crippen LogP contribution in [0.4, 0.5) is 4.39 Å². The van der Waals surface area contributed by atoms with Crippen molar-refractivity contribution in [2.24, 2.45) is 0 Å². The summed E-state index contributed by atoms with van der Waals surface area (Å²) in [5.74, 6) is -1.23. The highest BCUT2D eigenvalue weighted by molar-refractivity contribution is 5.88. The maximum atomic E-state index is 13.5. The third kappa shape index (κ3) is 4.27. The average Bonchev–Trinajstić information content (AvgIpc) is 3.04. The number of halogens is 1. The van der Waals surface area contributed by atoms with Crippen LogP contribution in [0.2, 0.25) is 0 Å². The topological polar surface area (TPSA) is 71.2 Å². The highest BCUT2D eigenvalue weighted by Gasteiger charge is 2.11. The summed E-state index contributed by atoms with van der Waals surface area (Å²) in [7, 11) is 0. The summed E-state index contributed by atoms with van der Waals surface area (Å²) < 4.78 is 18.5. The number of para-hydroxylation sites is 1. The van der Waals surface area contributed by atoms with Gasteiger partial charge in [0.25, 0.3) is 5.91 Å². The van der Waals surface area contributed by atoms with Crippen molar-refractivity contribution in [3.8, 4) is 0 Å². The van der Waals surface area contributed by atoms with Crippen molar-refractivity contribution >= 4 is 22.8 Å². The summed E-state index contributed by atoms with van der Waals surface area (Å²) >= 11 is 0. The minimum atomic E-state index is -0.480. The normalized spacial score (nSPS) is 10.7. The Bertz CT molecular complexity index is 949. The molecule has 0 fully saturated rings. The molecule has 0 saturated carbocycles. The summed E-state index contributed by atoms with van der Waals surface area (Å²) in [6, 6.07) is 12.4. The molecule has 1 heterocycles. The Labute approximate surface area is 150 Å². The van der Waals surface area contributed by atoms with Crippen LogP contribution in [0.15, 0.2) is 48.7 Å². The molecule has 2 aromatic carbocycles. The molecular formula is C20H19FN2O3. The van der Waals surface area contributed by atoms with E-state index in [1.54, 1.807) is 25.3 Å². The smallest absolute Gasteiger partial charge is 0.310 e. The Hall–Kier alpha value is -3.15. The van der Waals surface area contributed by atoms with Gasteiger partial charge >= 0.3 is 5.97 Å². The van der Waals surface area contributed by atoms with E-state index >= 15 is 0 Å². The standard InChI is InChI=1S/C20H19FN2O3/c1-13-6-7-14(8-17(13)21)10-23-19(24)12-26-20(25)9-15-11-22-18-5-3-2-4-16(15)18/h2-8,11,22H,9-10,12H2,1H3,(H,23,24). The van der Waals surface area contributed by atoms with Crippen LogP contribution >= 0.6 is 0 Å². The molecule has 3 rings (SSSR count). The Kier molecular flexibility index (Phi) is 5.31. The maximum Gasteiger partial charge on any atom is 0.310 e. The third-order valence-electron chi connectivity index (χ3n) is 4.10. The van der Waals surface area contributed by atoms with E-state index in [1.807, 2.05) is 24.3 Å². The van der Waals surface area contributed by atoms with Crippen LogP contribution in [-0.4, -0.2) is 23.5 Å². The summed E-state index contributed by atoms with van der Waals surface area (Å²) in [6.07, 6.45) is 1.85. The van der Waals surface area contributed by atoms with Gasteiger partial charge in [-0.25, -0.2) is 4.39 Å². The van der Waals surface area contributed by atoms with Gasteiger partial charge in [-0.3, -0.25) is 9.59 Å². The number of fused-ring (bicyclic) bond motifs is 1. The van der Waals surface area contributed by atoms with E-state index in [4.69, 9.17) is 4.74 Å². The molecule has 3 aromatic rings. The SMILES string of the molecule is Cc1ccc(CNC(=O)COC(=O)Cc2c[nH]c3ccccc23)cc1F. The van der Waals surface area contributed by atoms with E-state index in [-0.39, 0.29) is 25.4 Å². The fraction of sp³-hybridized carbons (Fsp3) is 0.200. The van der Waals surface area contributed by atoms with Crippen LogP contribution < -0.4 is 5.32 Å². The van der Waals surface area contributed by atoms with Gasteiger partial charge in [0.05, 0.1) is 6.42 Å². The quantitative estimate of drug-likeness (QED) is 0.669. The van der Waals surface area contributed by atoms with E-state index in [0.29, 0.717) is 11.1 Å². The van der Waals surface area contributed by atoms with E-state index in [9.17, 15) is 14.0 Å².